The van der Waals surface area contributed by atoms with Crippen LogP contribution in [0.1, 0.15) is 46.2 Å². The molecule has 0 unspecified atom stereocenters. The van der Waals surface area contributed by atoms with Crippen LogP contribution in [0.25, 0.3) is 11.0 Å². The van der Waals surface area contributed by atoms with Crippen molar-refractivity contribution in [1.82, 2.24) is 29.6 Å². The highest BCUT2D eigenvalue weighted by atomic mass is 16.2. The topological polar surface area (TPSA) is 96.8 Å². The van der Waals surface area contributed by atoms with Crippen molar-refractivity contribution in [3.8, 4) is 0 Å². The lowest BCUT2D eigenvalue weighted by Crippen LogP contribution is -2.39. The number of fused-ring (bicyclic) bond motifs is 1. The Morgan fingerprint density at radius 3 is 2.89 bits per heavy atom. The fourth-order valence-electron chi connectivity index (χ4n) is 3.92. The van der Waals surface area contributed by atoms with Gasteiger partial charge in [-0.05, 0) is 32.8 Å². The standard InChI is InChI=1S/C19H22N6O2/c1-11-7-14(17-12(2)23-24(3)18(17)22-11)19(27)25-6-4-5-13(9-25)15-8-16(26)21-10-20-15/h7-8,10,13H,4-6,9H2,1-3H3,(H,20,21,26)/t13-/m1/s1. The van der Waals surface area contributed by atoms with Gasteiger partial charge in [-0.1, -0.05) is 0 Å². The monoisotopic (exact) mass is 366 g/mol. The minimum Gasteiger partial charge on any atom is -0.338 e. The Kier molecular flexibility index (Phi) is 4.25. The van der Waals surface area contributed by atoms with Crippen molar-refractivity contribution >= 4 is 16.9 Å². The van der Waals surface area contributed by atoms with E-state index in [2.05, 4.69) is 20.1 Å². The lowest BCUT2D eigenvalue weighted by Gasteiger charge is -2.32. The normalized spacial score (nSPS) is 17.4. The highest BCUT2D eigenvalue weighted by Gasteiger charge is 2.28. The second kappa shape index (κ2) is 6.61. The molecule has 27 heavy (non-hydrogen) atoms. The summed E-state index contributed by atoms with van der Waals surface area (Å²) < 4.78 is 1.72. The third-order valence-corrected chi connectivity index (χ3v) is 5.15. The number of nitrogens with zero attached hydrogens (tertiary/aromatic N) is 5. The molecule has 1 amide bonds. The van der Waals surface area contributed by atoms with Gasteiger partial charge in [0.2, 0.25) is 0 Å². The molecule has 1 saturated heterocycles. The van der Waals surface area contributed by atoms with Crippen LogP contribution in [0.5, 0.6) is 0 Å². The third-order valence-electron chi connectivity index (χ3n) is 5.15. The number of carbonyl (C=O) groups excluding carboxylic acids is 1. The number of hydrogen-bond donors (Lipinski definition) is 1. The van der Waals surface area contributed by atoms with Crippen LogP contribution < -0.4 is 5.56 Å². The Balaban J connectivity index is 1.69. The molecular formula is C19H22N6O2. The summed E-state index contributed by atoms with van der Waals surface area (Å²) in [6, 6.07) is 3.37. The Morgan fingerprint density at radius 1 is 1.30 bits per heavy atom. The maximum Gasteiger partial charge on any atom is 0.254 e. The summed E-state index contributed by atoms with van der Waals surface area (Å²) in [7, 11) is 1.84. The summed E-state index contributed by atoms with van der Waals surface area (Å²) in [4.78, 5) is 38.2. The first-order chi connectivity index (χ1) is 12.9. The second-order valence-corrected chi connectivity index (χ2v) is 7.15. The number of hydrogen-bond acceptors (Lipinski definition) is 5. The first kappa shape index (κ1) is 17.4. The Labute approximate surface area is 156 Å². The Hall–Kier alpha value is -3.03. The number of aryl methyl sites for hydroxylation is 3. The number of rotatable bonds is 2. The SMILES string of the molecule is Cc1cc(C(=O)N2CCC[C@@H](c3cc(=O)[nH]cn3)C2)c2c(C)nn(C)c2n1. The van der Waals surface area contributed by atoms with Gasteiger partial charge >= 0.3 is 0 Å². The minimum atomic E-state index is -0.166. The van der Waals surface area contributed by atoms with Gasteiger partial charge in [-0.25, -0.2) is 9.97 Å². The maximum absolute atomic E-state index is 13.3. The summed E-state index contributed by atoms with van der Waals surface area (Å²) in [5.74, 6) is 0.0505. The largest absolute Gasteiger partial charge is 0.338 e. The number of piperidine rings is 1. The number of pyridine rings is 1. The molecule has 0 radical (unpaired) electrons. The van der Waals surface area contributed by atoms with Gasteiger partial charge < -0.3 is 9.88 Å². The van der Waals surface area contributed by atoms with Crippen LogP contribution in [0.2, 0.25) is 0 Å². The number of aromatic amines is 1. The average Bonchev–Trinajstić information content (AvgIpc) is 2.94. The molecule has 0 aromatic carbocycles. The Bertz CT molecular complexity index is 1080. The number of likely N-dealkylation sites (tertiary alicyclic amines) is 1. The predicted octanol–water partition coefficient (Wildman–Crippen LogP) is 1.69. The average molecular weight is 366 g/mol. The molecule has 1 atom stereocenters. The van der Waals surface area contributed by atoms with E-state index in [1.54, 1.807) is 4.68 Å². The van der Waals surface area contributed by atoms with E-state index in [1.807, 2.05) is 31.9 Å². The summed E-state index contributed by atoms with van der Waals surface area (Å²) in [5, 5.41) is 5.24. The van der Waals surface area contributed by atoms with E-state index in [1.165, 1.54) is 12.4 Å². The van der Waals surface area contributed by atoms with Crippen LogP contribution in [0, 0.1) is 13.8 Å². The minimum absolute atomic E-state index is 0.0175. The molecule has 0 spiro atoms. The molecule has 1 aliphatic heterocycles. The highest BCUT2D eigenvalue weighted by molar-refractivity contribution is 6.06. The number of carbonyl (C=O) groups is 1. The maximum atomic E-state index is 13.3. The van der Waals surface area contributed by atoms with Crippen molar-refractivity contribution in [2.45, 2.75) is 32.6 Å². The van der Waals surface area contributed by atoms with Crippen LogP contribution in [-0.4, -0.2) is 48.6 Å². The molecular weight excluding hydrogens is 344 g/mol. The molecule has 140 valence electrons. The molecule has 0 bridgehead atoms. The van der Waals surface area contributed by atoms with E-state index in [0.717, 1.165) is 41.0 Å². The lowest BCUT2D eigenvalue weighted by atomic mass is 9.94. The van der Waals surface area contributed by atoms with Crippen molar-refractivity contribution in [3.05, 3.63) is 51.5 Å². The number of nitrogens with one attached hydrogen (secondary N) is 1. The zero-order valence-corrected chi connectivity index (χ0v) is 15.7. The summed E-state index contributed by atoms with van der Waals surface area (Å²) in [5.41, 5.74) is 3.53. The van der Waals surface area contributed by atoms with Crippen molar-refractivity contribution in [2.24, 2.45) is 7.05 Å². The lowest BCUT2D eigenvalue weighted by molar-refractivity contribution is 0.0707. The van der Waals surface area contributed by atoms with Gasteiger partial charge in [0.15, 0.2) is 5.65 Å². The van der Waals surface area contributed by atoms with Crippen LogP contribution in [0.15, 0.2) is 23.3 Å². The van der Waals surface area contributed by atoms with Gasteiger partial charge in [0, 0.05) is 37.8 Å². The van der Waals surface area contributed by atoms with Gasteiger partial charge in [-0.2, -0.15) is 5.10 Å². The predicted molar refractivity (Wildman–Crippen MR) is 101 cm³/mol. The molecule has 0 saturated carbocycles. The van der Waals surface area contributed by atoms with Crippen molar-refractivity contribution in [3.63, 3.8) is 0 Å². The molecule has 4 rings (SSSR count). The van der Waals surface area contributed by atoms with Crippen LogP contribution in [-0.2, 0) is 7.05 Å². The van der Waals surface area contributed by atoms with E-state index in [-0.39, 0.29) is 17.4 Å². The fourth-order valence-corrected chi connectivity index (χ4v) is 3.92. The Morgan fingerprint density at radius 2 is 2.11 bits per heavy atom. The van der Waals surface area contributed by atoms with E-state index in [0.29, 0.717) is 18.7 Å². The molecule has 1 aliphatic rings. The van der Waals surface area contributed by atoms with Gasteiger partial charge in [-0.3, -0.25) is 14.3 Å². The summed E-state index contributed by atoms with van der Waals surface area (Å²) in [6.45, 7) is 5.03. The van der Waals surface area contributed by atoms with Gasteiger partial charge in [-0.15, -0.1) is 0 Å². The first-order valence-electron chi connectivity index (χ1n) is 9.09. The highest BCUT2D eigenvalue weighted by Crippen LogP contribution is 2.28. The second-order valence-electron chi connectivity index (χ2n) is 7.15. The number of H-pyrrole nitrogens is 1. The molecule has 8 nitrogen and oxygen atoms in total. The molecule has 3 aromatic rings. The van der Waals surface area contributed by atoms with E-state index >= 15 is 0 Å². The quantitative estimate of drug-likeness (QED) is 0.744. The van der Waals surface area contributed by atoms with Crippen LogP contribution >= 0.6 is 0 Å². The molecule has 1 fully saturated rings. The van der Waals surface area contributed by atoms with Gasteiger partial charge in [0.25, 0.3) is 11.5 Å². The van der Waals surface area contributed by atoms with Crippen molar-refractivity contribution in [1.29, 1.82) is 0 Å². The molecule has 0 aliphatic carbocycles. The van der Waals surface area contributed by atoms with Crippen molar-refractivity contribution < 1.29 is 4.79 Å². The number of amides is 1. The smallest absolute Gasteiger partial charge is 0.254 e. The van der Waals surface area contributed by atoms with Crippen LogP contribution in [0.4, 0.5) is 0 Å². The molecule has 8 heteroatoms. The van der Waals surface area contributed by atoms with Crippen LogP contribution in [0.3, 0.4) is 0 Å². The number of aromatic nitrogens is 5. The zero-order valence-electron chi connectivity index (χ0n) is 15.7. The van der Waals surface area contributed by atoms with E-state index in [4.69, 9.17) is 0 Å². The zero-order chi connectivity index (χ0) is 19.1. The molecule has 1 N–H and O–H groups in total. The first-order valence-corrected chi connectivity index (χ1v) is 9.09. The fraction of sp³-hybridized carbons (Fsp3) is 0.421. The molecule has 3 aromatic heterocycles. The van der Waals surface area contributed by atoms with Gasteiger partial charge in [0.05, 0.1) is 28.7 Å². The third kappa shape index (κ3) is 3.11. The van der Waals surface area contributed by atoms with E-state index in [9.17, 15) is 9.59 Å². The molecule has 4 heterocycles. The van der Waals surface area contributed by atoms with Crippen molar-refractivity contribution in [2.75, 3.05) is 13.1 Å². The van der Waals surface area contributed by atoms with Gasteiger partial charge in [0.1, 0.15) is 0 Å². The van der Waals surface area contributed by atoms with E-state index < -0.39 is 0 Å². The summed E-state index contributed by atoms with van der Waals surface area (Å²) >= 11 is 0. The summed E-state index contributed by atoms with van der Waals surface area (Å²) in [6.07, 6.45) is 3.22.